The number of thiophene rings is 1. The SMILES string of the molecule is CC(=O)C(N=N)c1cccs1. The van der Waals surface area contributed by atoms with Gasteiger partial charge in [0.1, 0.15) is 0 Å². The summed E-state index contributed by atoms with van der Waals surface area (Å²) in [5.74, 6) is -0.0811. The fraction of sp³-hybridized carbons (Fsp3) is 0.286. The van der Waals surface area contributed by atoms with Crippen LogP contribution in [0.4, 0.5) is 0 Å². The van der Waals surface area contributed by atoms with Gasteiger partial charge in [-0.15, -0.1) is 11.3 Å². The molecule has 0 aromatic carbocycles. The molecule has 0 saturated carbocycles. The van der Waals surface area contributed by atoms with Crippen LogP contribution in [0.3, 0.4) is 0 Å². The van der Waals surface area contributed by atoms with Crippen molar-refractivity contribution in [2.24, 2.45) is 5.11 Å². The first-order chi connectivity index (χ1) is 5.25. The Morgan fingerprint density at radius 2 is 2.55 bits per heavy atom. The maximum Gasteiger partial charge on any atom is 0.162 e. The van der Waals surface area contributed by atoms with Crippen LogP contribution in [0.1, 0.15) is 17.8 Å². The molecule has 0 radical (unpaired) electrons. The molecule has 1 aromatic heterocycles. The van der Waals surface area contributed by atoms with Crippen LogP contribution in [0.25, 0.3) is 0 Å². The number of carbonyl (C=O) groups is 1. The Kier molecular flexibility index (Phi) is 2.48. The Balaban J connectivity index is 2.88. The molecule has 0 aliphatic rings. The number of Topliss-reactive ketones (excluding diaryl/α,β-unsaturated/α-hetero) is 1. The third-order valence-corrected chi connectivity index (χ3v) is 2.25. The highest BCUT2D eigenvalue weighted by molar-refractivity contribution is 7.10. The van der Waals surface area contributed by atoms with Gasteiger partial charge in [-0.1, -0.05) is 6.07 Å². The largest absolute Gasteiger partial charge is 0.297 e. The van der Waals surface area contributed by atoms with Crippen molar-refractivity contribution in [1.29, 1.82) is 5.53 Å². The molecule has 0 aliphatic carbocycles. The number of hydrogen-bond donors (Lipinski definition) is 1. The van der Waals surface area contributed by atoms with Crippen molar-refractivity contribution in [2.45, 2.75) is 13.0 Å². The fourth-order valence-electron chi connectivity index (χ4n) is 0.802. The Morgan fingerprint density at radius 3 is 2.91 bits per heavy atom. The molecule has 3 nitrogen and oxygen atoms in total. The fourth-order valence-corrected chi connectivity index (χ4v) is 1.62. The van der Waals surface area contributed by atoms with Crippen molar-refractivity contribution in [3.63, 3.8) is 0 Å². The van der Waals surface area contributed by atoms with E-state index in [-0.39, 0.29) is 5.78 Å². The second-order valence-electron chi connectivity index (χ2n) is 2.16. The maximum absolute atomic E-state index is 10.9. The summed E-state index contributed by atoms with van der Waals surface area (Å²) >= 11 is 1.45. The third kappa shape index (κ3) is 1.71. The lowest BCUT2D eigenvalue weighted by atomic mass is 10.2. The van der Waals surface area contributed by atoms with E-state index in [0.717, 1.165) is 4.88 Å². The van der Waals surface area contributed by atoms with E-state index in [4.69, 9.17) is 5.53 Å². The molecule has 1 aromatic rings. The summed E-state index contributed by atoms with van der Waals surface area (Å²) in [6, 6.07) is 3.09. The van der Waals surface area contributed by atoms with Gasteiger partial charge in [-0.3, -0.25) is 4.79 Å². The summed E-state index contributed by atoms with van der Waals surface area (Å²) in [5.41, 5.74) is 6.78. The van der Waals surface area contributed by atoms with Gasteiger partial charge in [-0.2, -0.15) is 5.11 Å². The predicted molar refractivity (Wildman–Crippen MR) is 42.9 cm³/mol. The number of nitrogens with one attached hydrogen (secondary N) is 1. The second kappa shape index (κ2) is 3.39. The van der Waals surface area contributed by atoms with E-state index >= 15 is 0 Å². The molecule has 0 amide bonds. The summed E-state index contributed by atoms with van der Waals surface area (Å²) in [5, 5.41) is 5.11. The summed E-state index contributed by atoms with van der Waals surface area (Å²) in [6.45, 7) is 1.45. The van der Waals surface area contributed by atoms with Gasteiger partial charge in [0.25, 0.3) is 0 Å². The van der Waals surface area contributed by atoms with E-state index in [2.05, 4.69) is 5.11 Å². The van der Waals surface area contributed by atoms with Gasteiger partial charge in [-0.25, -0.2) is 5.53 Å². The first-order valence-corrected chi connectivity index (χ1v) is 4.04. The number of hydrogen-bond acceptors (Lipinski definition) is 4. The highest BCUT2D eigenvalue weighted by Crippen LogP contribution is 2.22. The molecular formula is C7H8N2OS. The van der Waals surface area contributed by atoms with Crippen LogP contribution < -0.4 is 0 Å². The molecule has 0 saturated heterocycles. The zero-order chi connectivity index (χ0) is 8.27. The lowest BCUT2D eigenvalue weighted by Crippen LogP contribution is -2.02. The molecule has 0 spiro atoms. The highest BCUT2D eigenvalue weighted by Gasteiger charge is 2.15. The number of ketones is 1. The molecule has 58 valence electrons. The number of carbonyl (C=O) groups excluding carboxylic acids is 1. The summed E-state index contributed by atoms with van der Waals surface area (Å²) < 4.78 is 0. The molecule has 1 heterocycles. The average Bonchev–Trinajstić information content (AvgIpc) is 2.40. The van der Waals surface area contributed by atoms with Crippen molar-refractivity contribution in [3.05, 3.63) is 22.4 Å². The molecule has 1 unspecified atom stereocenters. The van der Waals surface area contributed by atoms with Gasteiger partial charge in [0.05, 0.1) is 0 Å². The summed E-state index contributed by atoms with van der Waals surface area (Å²) in [6.07, 6.45) is 0. The first kappa shape index (κ1) is 8.07. The normalized spacial score (nSPS) is 12.5. The highest BCUT2D eigenvalue weighted by atomic mass is 32.1. The van der Waals surface area contributed by atoms with Crippen LogP contribution >= 0.6 is 11.3 Å². The van der Waals surface area contributed by atoms with Crippen molar-refractivity contribution < 1.29 is 4.79 Å². The quantitative estimate of drug-likeness (QED) is 0.692. The van der Waals surface area contributed by atoms with Gasteiger partial charge >= 0.3 is 0 Å². The van der Waals surface area contributed by atoms with Crippen molar-refractivity contribution in [3.8, 4) is 0 Å². The van der Waals surface area contributed by atoms with Crippen LogP contribution in [0.15, 0.2) is 22.6 Å². The van der Waals surface area contributed by atoms with Crippen LogP contribution in [0.5, 0.6) is 0 Å². The number of rotatable bonds is 3. The van der Waals surface area contributed by atoms with E-state index < -0.39 is 6.04 Å². The smallest absolute Gasteiger partial charge is 0.162 e. The Bertz CT molecular complexity index is 255. The second-order valence-corrected chi connectivity index (χ2v) is 3.14. The average molecular weight is 168 g/mol. The molecule has 0 bridgehead atoms. The zero-order valence-corrected chi connectivity index (χ0v) is 6.89. The van der Waals surface area contributed by atoms with Gasteiger partial charge in [-0.05, 0) is 18.4 Å². The van der Waals surface area contributed by atoms with Crippen molar-refractivity contribution in [2.75, 3.05) is 0 Å². The van der Waals surface area contributed by atoms with Crippen LogP contribution in [-0.4, -0.2) is 5.78 Å². The summed E-state index contributed by atoms with van der Waals surface area (Å²) in [4.78, 5) is 11.7. The van der Waals surface area contributed by atoms with Gasteiger partial charge in [0.2, 0.25) is 0 Å². The monoisotopic (exact) mass is 168 g/mol. The van der Waals surface area contributed by atoms with E-state index in [1.54, 1.807) is 0 Å². The lowest BCUT2D eigenvalue weighted by Gasteiger charge is -2.01. The van der Waals surface area contributed by atoms with Crippen LogP contribution in [-0.2, 0) is 4.79 Å². The van der Waals surface area contributed by atoms with E-state index in [1.807, 2.05) is 17.5 Å². The van der Waals surface area contributed by atoms with Gasteiger partial charge in [0, 0.05) is 4.88 Å². The van der Waals surface area contributed by atoms with E-state index in [9.17, 15) is 4.79 Å². The third-order valence-electron chi connectivity index (χ3n) is 1.33. The Hall–Kier alpha value is -1.03. The van der Waals surface area contributed by atoms with Gasteiger partial charge < -0.3 is 0 Å². The van der Waals surface area contributed by atoms with E-state index in [0.29, 0.717) is 0 Å². The summed E-state index contributed by atoms with van der Waals surface area (Å²) in [7, 11) is 0. The molecular weight excluding hydrogens is 160 g/mol. The number of nitrogens with zero attached hydrogens (tertiary/aromatic N) is 1. The molecule has 4 heteroatoms. The minimum atomic E-state index is -0.574. The lowest BCUT2D eigenvalue weighted by molar-refractivity contribution is -0.118. The molecule has 1 atom stereocenters. The maximum atomic E-state index is 10.9. The molecule has 1 rings (SSSR count). The zero-order valence-electron chi connectivity index (χ0n) is 6.07. The molecule has 11 heavy (non-hydrogen) atoms. The predicted octanol–water partition coefficient (Wildman–Crippen LogP) is 2.41. The van der Waals surface area contributed by atoms with E-state index in [1.165, 1.54) is 18.3 Å². The Labute approximate surface area is 68.6 Å². The topological polar surface area (TPSA) is 53.3 Å². The minimum Gasteiger partial charge on any atom is -0.297 e. The van der Waals surface area contributed by atoms with Crippen LogP contribution in [0, 0.1) is 5.53 Å². The van der Waals surface area contributed by atoms with Crippen molar-refractivity contribution >= 4 is 17.1 Å². The molecule has 0 fully saturated rings. The standard InChI is InChI=1S/C7H8N2OS/c1-5(10)7(9-8)6-3-2-4-11-6/h2-4,7-8H,1H3. The minimum absolute atomic E-state index is 0.0811. The first-order valence-electron chi connectivity index (χ1n) is 3.16. The van der Waals surface area contributed by atoms with Crippen LogP contribution in [0.2, 0.25) is 0 Å². The molecule has 1 N–H and O–H groups in total. The van der Waals surface area contributed by atoms with Crippen molar-refractivity contribution in [1.82, 2.24) is 0 Å². The molecule has 0 aliphatic heterocycles. The van der Waals surface area contributed by atoms with Gasteiger partial charge in [0.15, 0.2) is 11.8 Å². The Morgan fingerprint density at radius 1 is 1.82 bits per heavy atom.